The van der Waals surface area contributed by atoms with Crippen LogP contribution in [0, 0.1) is 0 Å². The van der Waals surface area contributed by atoms with E-state index in [1.807, 2.05) is 32.9 Å². The van der Waals surface area contributed by atoms with Gasteiger partial charge in [0.05, 0.1) is 23.7 Å². The summed E-state index contributed by atoms with van der Waals surface area (Å²) in [5.41, 5.74) is 1.94. The maximum atomic E-state index is 12.4. The normalized spacial score (nSPS) is 18.1. The van der Waals surface area contributed by atoms with Crippen molar-refractivity contribution >= 4 is 23.1 Å². The fraction of sp³-hybridized carbons (Fsp3) is 0.591. The summed E-state index contributed by atoms with van der Waals surface area (Å²) in [5, 5.41) is 0. The van der Waals surface area contributed by atoms with Gasteiger partial charge in [-0.3, -0.25) is 0 Å². The molecule has 7 nitrogen and oxygen atoms in total. The highest BCUT2D eigenvalue weighted by atomic mass is 16.6. The highest BCUT2D eigenvalue weighted by Crippen LogP contribution is 2.43. The van der Waals surface area contributed by atoms with Crippen molar-refractivity contribution in [3.63, 3.8) is 0 Å². The molecule has 0 radical (unpaired) electrons. The summed E-state index contributed by atoms with van der Waals surface area (Å²) in [6, 6.07) is 5.81. The predicted octanol–water partition coefficient (Wildman–Crippen LogP) is 4.27. The van der Waals surface area contributed by atoms with Gasteiger partial charge < -0.3 is 18.9 Å². The van der Waals surface area contributed by atoms with Gasteiger partial charge in [-0.15, -0.1) is 0 Å². The molecular weight excluding hydrogens is 370 g/mol. The van der Waals surface area contributed by atoms with E-state index in [1.54, 1.807) is 11.0 Å². The molecular formula is C22H29N3O4. The SMILES string of the molecule is COC(=O)c1ccc2nc(C3CC3)n(C3CCN(C(=O)OC(C)(C)C)CC3)c2c1. The molecule has 0 atom stereocenters. The van der Waals surface area contributed by atoms with Gasteiger partial charge in [0.2, 0.25) is 0 Å². The third kappa shape index (κ3) is 4.09. The molecule has 156 valence electrons. The van der Waals surface area contributed by atoms with Crippen LogP contribution in [0.4, 0.5) is 4.79 Å². The van der Waals surface area contributed by atoms with E-state index in [1.165, 1.54) is 7.11 Å². The minimum atomic E-state index is -0.488. The first-order valence-electron chi connectivity index (χ1n) is 10.3. The lowest BCUT2D eigenvalue weighted by molar-refractivity contribution is 0.0188. The highest BCUT2D eigenvalue weighted by Gasteiger charge is 2.34. The molecule has 2 aromatic rings. The monoisotopic (exact) mass is 399 g/mol. The third-order valence-corrected chi connectivity index (χ3v) is 5.56. The number of aromatic nitrogens is 2. The Morgan fingerprint density at radius 2 is 1.79 bits per heavy atom. The topological polar surface area (TPSA) is 73.7 Å². The third-order valence-electron chi connectivity index (χ3n) is 5.56. The van der Waals surface area contributed by atoms with Crippen LogP contribution >= 0.6 is 0 Å². The number of esters is 1. The van der Waals surface area contributed by atoms with Crippen molar-refractivity contribution in [1.82, 2.24) is 14.5 Å². The van der Waals surface area contributed by atoms with E-state index in [0.717, 1.165) is 42.5 Å². The zero-order valence-corrected chi connectivity index (χ0v) is 17.6. The van der Waals surface area contributed by atoms with Gasteiger partial charge in [0, 0.05) is 25.0 Å². The molecule has 0 unspecified atom stereocenters. The quantitative estimate of drug-likeness (QED) is 0.721. The van der Waals surface area contributed by atoms with Gasteiger partial charge in [0.1, 0.15) is 11.4 Å². The second kappa shape index (κ2) is 7.35. The standard InChI is InChI=1S/C22H29N3O4/c1-22(2,3)29-21(27)24-11-9-16(10-12-24)25-18-13-15(20(26)28-4)7-8-17(18)23-19(25)14-5-6-14/h7-8,13-14,16H,5-6,9-12H2,1-4H3. The number of likely N-dealkylation sites (tertiary alicyclic amines) is 1. The molecule has 0 spiro atoms. The Kier molecular flexibility index (Phi) is 5.00. The maximum Gasteiger partial charge on any atom is 0.410 e. The Hall–Kier alpha value is -2.57. The van der Waals surface area contributed by atoms with Crippen LogP contribution in [0.2, 0.25) is 0 Å². The van der Waals surface area contributed by atoms with Gasteiger partial charge in [-0.25, -0.2) is 14.6 Å². The fourth-order valence-corrected chi connectivity index (χ4v) is 4.00. The van der Waals surface area contributed by atoms with Crippen LogP contribution in [0.3, 0.4) is 0 Å². The summed E-state index contributed by atoms with van der Waals surface area (Å²) in [5.74, 6) is 1.26. The number of methoxy groups -OCH3 is 1. The summed E-state index contributed by atoms with van der Waals surface area (Å²) in [7, 11) is 1.39. The van der Waals surface area contributed by atoms with Crippen LogP contribution in [0.25, 0.3) is 11.0 Å². The van der Waals surface area contributed by atoms with Gasteiger partial charge in [-0.2, -0.15) is 0 Å². The second-order valence-corrected chi connectivity index (χ2v) is 9.01. The molecule has 4 rings (SSSR count). The van der Waals surface area contributed by atoms with Crippen LogP contribution in [0.5, 0.6) is 0 Å². The minimum absolute atomic E-state index is 0.248. The maximum absolute atomic E-state index is 12.4. The number of ether oxygens (including phenoxy) is 2. The number of carbonyl (C=O) groups excluding carboxylic acids is 2. The lowest BCUT2D eigenvalue weighted by Crippen LogP contribution is -2.42. The molecule has 2 fully saturated rings. The largest absolute Gasteiger partial charge is 0.465 e. The Morgan fingerprint density at radius 1 is 1.10 bits per heavy atom. The summed E-state index contributed by atoms with van der Waals surface area (Å²) in [4.78, 5) is 31.1. The molecule has 1 amide bonds. The van der Waals surface area contributed by atoms with Gasteiger partial charge in [-0.1, -0.05) is 0 Å². The molecule has 1 saturated heterocycles. The molecule has 1 aliphatic carbocycles. The predicted molar refractivity (Wildman–Crippen MR) is 109 cm³/mol. The molecule has 2 aliphatic rings. The average Bonchev–Trinajstić information content (AvgIpc) is 3.46. The number of hydrogen-bond acceptors (Lipinski definition) is 5. The van der Waals surface area contributed by atoms with Gasteiger partial charge in [-0.05, 0) is 64.7 Å². The van der Waals surface area contributed by atoms with Crippen LogP contribution < -0.4 is 0 Å². The first-order chi connectivity index (χ1) is 13.8. The number of amides is 1. The van der Waals surface area contributed by atoms with Gasteiger partial charge >= 0.3 is 12.1 Å². The summed E-state index contributed by atoms with van der Waals surface area (Å²) >= 11 is 0. The molecule has 7 heteroatoms. The van der Waals surface area contributed by atoms with Crippen LogP contribution in [0.15, 0.2) is 18.2 Å². The lowest BCUT2D eigenvalue weighted by Gasteiger charge is -2.34. The Morgan fingerprint density at radius 3 is 2.38 bits per heavy atom. The zero-order valence-electron chi connectivity index (χ0n) is 17.6. The number of piperidine rings is 1. The van der Waals surface area contributed by atoms with Crippen LogP contribution in [-0.4, -0.2) is 52.3 Å². The summed E-state index contributed by atoms with van der Waals surface area (Å²) in [6.07, 6.45) is 3.75. The first kappa shape index (κ1) is 19.7. The molecule has 0 bridgehead atoms. The zero-order chi connectivity index (χ0) is 20.8. The van der Waals surface area contributed by atoms with E-state index in [-0.39, 0.29) is 18.1 Å². The van der Waals surface area contributed by atoms with E-state index < -0.39 is 5.60 Å². The highest BCUT2D eigenvalue weighted by molar-refractivity contribution is 5.93. The molecule has 0 N–H and O–H groups in total. The van der Waals surface area contributed by atoms with Crippen molar-refractivity contribution in [2.45, 2.75) is 64.0 Å². The van der Waals surface area contributed by atoms with Crippen molar-refractivity contribution in [1.29, 1.82) is 0 Å². The molecule has 29 heavy (non-hydrogen) atoms. The van der Waals surface area contributed by atoms with E-state index in [0.29, 0.717) is 24.6 Å². The van der Waals surface area contributed by atoms with Crippen molar-refractivity contribution in [3.05, 3.63) is 29.6 Å². The molecule has 1 aromatic heterocycles. The van der Waals surface area contributed by atoms with E-state index >= 15 is 0 Å². The molecule has 1 aromatic carbocycles. The van der Waals surface area contributed by atoms with Gasteiger partial charge in [0.15, 0.2) is 0 Å². The smallest absolute Gasteiger partial charge is 0.410 e. The Bertz CT molecular complexity index is 931. The van der Waals surface area contributed by atoms with Crippen LogP contribution in [0.1, 0.15) is 74.6 Å². The number of carbonyl (C=O) groups is 2. The number of benzene rings is 1. The second-order valence-electron chi connectivity index (χ2n) is 9.01. The van der Waals surface area contributed by atoms with Gasteiger partial charge in [0.25, 0.3) is 0 Å². The summed E-state index contributed by atoms with van der Waals surface area (Å²) in [6.45, 7) is 6.96. The Labute approximate surface area is 171 Å². The van der Waals surface area contributed by atoms with Crippen molar-refractivity contribution in [3.8, 4) is 0 Å². The number of nitrogens with zero attached hydrogens (tertiary/aromatic N) is 3. The molecule has 1 saturated carbocycles. The van der Waals surface area contributed by atoms with E-state index in [4.69, 9.17) is 14.5 Å². The molecule has 2 heterocycles. The molecule has 1 aliphatic heterocycles. The summed E-state index contributed by atoms with van der Waals surface area (Å²) < 4.78 is 12.7. The number of hydrogen-bond donors (Lipinski definition) is 0. The van der Waals surface area contributed by atoms with Crippen molar-refractivity contribution < 1.29 is 19.1 Å². The average molecular weight is 399 g/mol. The lowest BCUT2D eigenvalue weighted by atomic mass is 10.0. The fourth-order valence-electron chi connectivity index (χ4n) is 4.00. The number of imidazole rings is 1. The van der Waals surface area contributed by atoms with E-state index in [9.17, 15) is 9.59 Å². The Balaban J connectivity index is 1.59. The number of fused-ring (bicyclic) bond motifs is 1. The van der Waals surface area contributed by atoms with E-state index in [2.05, 4.69) is 4.57 Å². The minimum Gasteiger partial charge on any atom is -0.465 e. The van der Waals surface area contributed by atoms with Crippen molar-refractivity contribution in [2.24, 2.45) is 0 Å². The first-order valence-corrected chi connectivity index (χ1v) is 10.3. The number of rotatable bonds is 3. The van der Waals surface area contributed by atoms with Crippen molar-refractivity contribution in [2.75, 3.05) is 20.2 Å². The van der Waals surface area contributed by atoms with Crippen LogP contribution in [-0.2, 0) is 9.47 Å².